The fraction of sp³-hybridized carbons (Fsp3) is 0.444. The van der Waals surface area contributed by atoms with Gasteiger partial charge in [-0.1, -0.05) is 5.16 Å². The van der Waals surface area contributed by atoms with Crippen LogP contribution >= 0.6 is 11.8 Å². The summed E-state index contributed by atoms with van der Waals surface area (Å²) in [5.74, 6) is 0.499. The lowest BCUT2D eigenvalue weighted by Crippen LogP contribution is -2.41. The Morgan fingerprint density at radius 1 is 1.33 bits per heavy atom. The molecule has 2 aromatic rings. The highest BCUT2D eigenvalue weighted by Gasteiger charge is 2.20. The molecule has 0 radical (unpaired) electrons. The van der Waals surface area contributed by atoms with Gasteiger partial charge in [-0.2, -0.15) is 16.7 Å². The van der Waals surface area contributed by atoms with Gasteiger partial charge < -0.3 is 14.6 Å². The van der Waals surface area contributed by atoms with E-state index in [1.807, 2.05) is 6.26 Å². The number of esters is 1. The number of rotatable bonds is 10. The van der Waals surface area contributed by atoms with Crippen LogP contribution in [0.25, 0.3) is 11.4 Å². The minimum Gasteiger partial charge on any atom is -0.467 e. The molecule has 0 aliphatic heterocycles. The zero-order valence-electron chi connectivity index (χ0n) is 15.2. The van der Waals surface area contributed by atoms with Crippen LogP contribution in [0.5, 0.6) is 0 Å². The number of nitrogens with zero attached hydrogens (tertiary/aromatic N) is 2. The number of nitrogens with one attached hydrogen (secondary N) is 1. The third-order valence-corrected chi connectivity index (χ3v) is 4.44. The number of ether oxygens (including phenoxy) is 1. The van der Waals surface area contributed by atoms with E-state index in [4.69, 9.17) is 9.26 Å². The summed E-state index contributed by atoms with van der Waals surface area (Å²) in [6, 6.07) is 5.15. The SMILES string of the molecule is COC(=O)[C@@H](CCSC)NC(=O)CCCc1nc(-c2ccc(F)cc2)no1. The Kier molecular flexibility index (Phi) is 8.25. The first kappa shape index (κ1) is 20.9. The quantitative estimate of drug-likeness (QED) is 0.618. The first-order chi connectivity index (χ1) is 13.0. The molecule has 9 heteroatoms. The van der Waals surface area contributed by atoms with E-state index >= 15 is 0 Å². The van der Waals surface area contributed by atoms with Gasteiger partial charge in [0.25, 0.3) is 0 Å². The van der Waals surface area contributed by atoms with Crippen LogP contribution in [-0.4, -0.2) is 47.2 Å². The van der Waals surface area contributed by atoms with Crippen molar-refractivity contribution in [3.8, 4) is 11.4 Å². The maximum absolute atomic E-state index is 12.9. The summed E-state index contributed by atoms with van der Waals surface area (Å²) in [5.41, 5.74) is 0.652. The molecule has 2 rings (SSSR count). The molecule has 1 N–H and O–H groups in total. The zero-order chi connectivity index (χ0) is 19.6. The van der Waals surface area contributed by atoms with Crippen LogP contribution in [0.3, 0.4) is 0 Å². The minimum atomic E-state index is -0.636. The monoisotopic (exact) mass is 395 g/mol. The second-order valence-electron chi connectivity index (χ2n) is 5.80. The van der Waals surface area contributed by atoms with Gasteiger partial charge in [-0.05, 0) is 49.1 Å². The number of benzene rings is 1. The second kappa shape index (κ2) is 10.7. The summed E-state index contributed by atoms with van der Waals surface area (Å²) >= 11 is 1.59. The number of carbonyl (C=O) groups excluding carboxylic acids is 2. The van der Waals surface area contributed by atoms with Crippen molar-refractivity contribution in [3.63, 3.8) is 0 Å². The third kappa shape index (κ3) is 6.67. The fourth-order valence-corrected chi connectivity index (χ4v) is 2.84. The van der Waals surface area contributed by atoms with Gasteiger partial charge in [0, 0.05) is 18.4 Å². The highest BCUT2D eigenvalue weighted by Crippen LogP contribution is 2.16. The van der Waals surface area contributed by atoms with Crippen molar-refractivity contribution in [3.05, 3.63) is 36.0 Å². The van der Waals surface area contributed by atoms with E-state index in [2.05, 4.69) is 15.5 Å². The van der Waals surface area contributed by atoms with Gasteiger partial charge in [0.1, 0.15) is 11.9 Å². The summed E-state index contributed by atoms with van der Waals surface area (Å²) in [6.07, 6.45) is 3.59. The van der Waals surface area contributed by atoms with E-state index in [9.17, 15) is 14.0 Å². The zero-order valence-corrected chi connectivity index (χ0v) is 16.1. The molecule has 27 heavy (non-hydrogen) atoms. The maximum atomic E-state index is 12.9. The Balaban J connectivity index is 1.80. The van der Waals surface area contributed by atoms with E-state index in [0.717, 1.165) is 5.75 Å². The number of amides is 1. The number of halogens is 1. The van der Waals surface area contributed by atoms with E-state index in [1.165, 1.54) is 19.2 Å². The van der Waals surface area contributed by atoms with Gasteiger partial charge in [-0.15, -0.1) is 0 Å². The Morgan fingerprint density at radius 3 is 2.74 bits per heavy atom. The average molecular weight is 395 g/mol. The Morgan fingerprint density at radius 2 is 2.07 bits per heavy atom. The van der Waals surface area contributed by atoms with Crippen molar-refractivity contribution in [1.29, 1.82) is 0 Å². The predicted octanol–water partition coefficient (Wildman–Crippen LogP) is 2.61. The van der Waals surface area contributed by atoms with Crippen molar-refractivity contribution < 1.29 is 23.2 Å². The molecule has 0 bridgehead atoms. The first-order valence-electron chi connectivity index (χ1n) is 8.48. The Bertz CT molecular complexity index is 751. The van der Waals surface area contributed by atoms with Crippen molar-refractivity contribution in [2.24, 2.45) is 0 Å². The summed E-state index contributed by atoms with van der Waals surface area (Å²) in [6.45, 7) is 0. The maximum Gasteiger partial charge on any atom is 0.328 e. The van der Waals surface area contributed by atoms with Gasteiger partial charge in [0.15, 0.2) is 0 Å². The van der Waals surface area contributed by atoms with Crippen molar-refractivity contribution in [2.45, 2.75) is 31.7 Å². The smallest absolute Gasteiger partial charge is 0.328 e. The van der Waals surface area contributed by atoms with Crippen LogP contribution in [-0.2, 0) is 20.7 Å². The molecule has 1 aromatic carbocycles. The number of aryl methyl sites for hydroxylation is 1. The highest BCUT2D eigenvalue weighted by molar-refractivity contribution is 7.98. The normalized spacial score (nSPS) is 11.8. The largest absolute Gasteiger partial charge is 0.467 e. The summed E-state index contributed by atoms with van der Waals surface area (Å²) < 4.78 is 22.8. The lowest BCUT2D eigenvalue weighted by Gasteiger charge is -2.15. The number of aromatic nitrogens is 2. The molecule has 0 spiro atoms. The lowest BCUT2D eigenvalue weighted by molar-refractivity contribution is -0.145. The molecule has 0 aliphatic rings. The van der Waals surface area contributed by atoms with E-state index in [1.54, 1.807) is 23.9 Å². The van der Waals surface area contributed by atoms with Gasteiger partial charge in [0.05, 0.1) is 7.11 Å². The average Bonchev–Trinajstić information content (AvgIpc) is 3.14. The third-order valence-electron chi connectivity index (χ3n) is 3.80. The van der Waals surface area contributed by atoms with E-state index in [-0.39, 0.29) is 18.1 Å². The van der Waals surface area contributed by atoms with Gasteiger partial charge in [0.2, 0.25) is 17.6 Å². The van der Waals surface area contributed by atoms with Crippen LogP contribution in [0, 0.1) is 5.82 Å². The molecule has 1 heterocycles. The highest BCUT2D eigenvalue weighted by atomic mass is 32.2. The first-order valence-corrected chi connectivity index (χ1v) is 9.87. The van der Waals surface area contributed by atoms with Gasteiger partial charge >= 0.3 is 5.97 Å². The van der Waals surface area contributed by atoms with Crippen molar-refractivity contribution in [1.82, 2.24) is 15.5 Å². The predicted molar refractivity (Wildman–Crippen MR) is 99.6 cm³/mol. The minimum absolute atomic E-state index is 0.223. The molecule has 1 aromatic heterocycles. The molecule has 7 nitrogen and oxygen atoms in total. The second-order valence-corrected chi connectivity index (χ2v) is 6.78. The molecule has 0 aliphatic carbocycles. The molecular formula is C18H22FN3O4S. The fourth-order valence-electron chi connectivity index (χ4n) is 2.37. The van der Waals surface area contributed by atoms with Crippen LogP contribution in [0.4, 0.5) is 4.39 Å². The van der Waals surface area contributed by atoms with E-state index < -0.39 is 12.0 Å². The Labute approximate surface area is 161 Å². The Hall–Kier alpha value is -2.42. The topological polar surface area (TPSA) is 94.3 Å². The summed E-state index contributed by atoms with van der Waals surface area (Å²) in [4.78, 5) is 28.0. The number of methoxy groups -OCH3 is 1. The molecule has 0 saturated carbocycles. The number of hydrogen-bond donors (Lipinski definition) is 1. The number of thioether (sulfide) groups is 1. The molecule has 1 atom stereocenters. The molecule has 0 fully saturated rings. The van der Waals surface area contributed by atoms with Crippen molar-refractivity contribution >= 4 is 23.6 Å². The van der Waals surface area contributed by atoms with Crippen LogP contribution in [0.15, 0.2) is 28.8 Å². The molecule has 0 unspecified atom stereocenters. The van der Waals surface area contributed by atoms with Crippen LogP contribution in [0.1, 0.15) is 25.2 Å². The van der Waals surface area contributed by atoms with Crippen LogP contribution < -0.4 is 5.32 Å². The summed E-state index contributed by atoms with van der Waals surface area (Å²) in [7, 11) is 1.30. The van der Waals surface area contributed by atoms with E-state index in [0.29, 0.717) is 36.5 Å². The molecule has 1 amide bonds. The van der Waals surface area contributed by atoms with Crippen molar-refractivity contribution in [2.75, 3.05) is 19.1 Å². The van der Waals surface area contributed by atoms with Crippen LogP contribution in [0.2, 0.25) is 0 Å². The molecular weight excluding hydrogens is 373 g/mol. The lowest BCUT2D eigenvalue weighted by atomic mass is 10.2. The van der Waals surface area contributed by atoms with Gasteiger partial charge in [-0.25, -0.2) is 9.18 Å². The summed E-state index contributed by atoms with van der Waals surface area (Å²) in [5, 5.41) is 6.55. The van der Waals surface area contributed by atoms with Gasteiger partial charge in [-0.3, -0.25) is 4.79 Å². The molecule has 0 saturated heterocycles. The molecule has 146 valence electrons. The standard InChI is InChI=1S/C18H22FN3O4S/c1-25-18(24)14(10-11-27-2)20-15(23)4-3-5-16-21-17(22-26-16)12-6-8-13(19)9-7-12/h6-9,14H,3-5,10-11H2,1-2H3,(H,20,23)/t14-/m1/s1. The number of carbonyl (C=O) groups is 2. The number of hydrogen-bond acceptors (Lipinski definition) is 7.